The Hall–Kier alpha value is -3.33. The van der Waals surface area contributed by atoms with Crippen LogP contribution in [0.5, 0.6) is 17.6 Å². The van der Waals surface area contributed by atoms with Gasteiger partial charge in [0.15, 0.2) is 16.8 Å². The van der Waals surface area contributed by atoms with Crippen LogP contribution < -0.4 is 14.8 Å². The minimum atomic E-state index is -0.742. The van der Waals surface area contributed by atoms with E-state index in [1.165, 1.54) is 11.3 Å². The molecule has 5 rings (SSSR count). The number of aromatic nitrogens is 2. The Morgan fingerprint density at radius 3 is 2.45 bits per heavy atom. The Morgan fingerprint density at radius 1 is 0.970 bits per heavy atom. The molecule has 5 aromatic rings. The second kappa shape index (κ2) is 8.90. The number of amides is 1. The van der Waals surface area contributed by atoms with Crippen molar-refractivity contribution in [2.24, 2.45) is 0 Å². The smallest absolute Gasteiger partial charge is 0.400 e. The number of halogens is 2. The molecular formula is C23H15Cl2N3O4S. The van der Waals surface area contributed by atoms with Crippen molar-refractivity contribution >= 4 is 66.9 Å². The van der Waals surface area contributed by atoms with E-state index >= 15 is 0 Å². The number of rotatable bonds is 6. The summed E-state index contributed by atoms with van der Waals surface area (Å²) in [7, 11) is 0. The molecule has 0 aliphatic carbocycles. The highest BCUT2D eigenvalue weighted by molar-refractivity contribution is 7.22. The SMILES string of the molecule is C[C@@H](Oc1ccc(Oc2nc3ccc(Cl)cc3o2)cc1)C(=O)Nc1nc2ccc(Cl)cc2s1. The number of anilines is 1. The molecule has 2 heterocycles. The van der Waals surface area contributed by atoms with Crippen LogP contribution in [0, 0.1) is 0 Å². The topological polar surface area (TPSA) is 86.5 Å². The third-order valence-corrected chi connectivity index (χ3v) is 6.03. The van der Waals surface area contributed by atoms with Crippen LogP contribution in [-0.2, 0) is 4.79 Å². The van der Waals surface area contributed by atoms with E-state index in [9.17, 15) is 4.79 Å². The van der Waals surface area contributed by atoms with Crippen LogP contribution in [0.15, 0.2) is 65.1 Å². The van der Waals surface area contributed by atoms with Gasteiger partial charge in [-0.25, -0.2) is 4.98 Å². The van der Waals surface area contributed by atoms with Crippen LogP contribution in [0.2, 0.25) is 10.0 Å². The van der Waals surface area contributed by atoms with Gasteiger partial charge in [-0.15, -0.1) is 0 Å². The third-order valence-electron chi connectivity index (χ3n) is 4.62. The summed E-state index contributed by atoms with van der Waals surface area (Å²) in [6, 6.07) is 17.3. The van der Waals surface area contributed by atoms with Gasteiger partial charge in [-0.3, -0.25) is 10.1 Å². The minimum Gasteiger partial charge on any atom is -0.481 e. The van der Waals surface area contributed by atoms with Gasteiger partial charge in [0.05, 0.1) is 10.2 Å². The van der Waals surface area contributed by atoms with E-state index in [0.717, 1.165) is 10.2 Å². The standard InChI is InChI=1S/C23H15Cl2N3O4S/c1-12(21(29)28-22-26-18-9-3-14(25)11-20(18)33-22)30-15-4-6-16(7-5-15)31-23-27-17-8-2-13(24)10-19(17)32-23/h2-12H,1H3,(H,26,28,29)/t12-/m1/s1. The number of hydrogen-bond donors (Lipinski definition) is 1. The van der Waals surface area contributed by atoms with Crippen LogP contribution >= 0.6 is 34.5 Å². The van der Waals surface area contributed by atoms with Crippen molar-refractivity contribution < 1.29 is 18.7 Å². The summed E-state index contributed by atoms with van der Waals surface area (Å²) < 4.78 is 17.8. The van der Waals surface area contributed by atoms with E-state index < -0.39 is 6.10 Å². The number of hydrogen-bond acceptors (Lipinski definition) is 7. The van der Waals surface area contributed by atoms with Crippen molar-refractivity contribution in [3.05, 3.63) is 70.7 Å². The molecule has 3 aromatic carbocycles. The summed E-state index contributed by atoms with van der Waals surface area (Å²) in [6.07, 6.45) is -0.639. The number of benzene rings is 3. The van der Waals surface area contributed by atoms with Crippen molar-refractivity contribution in [1.82, 2.24) is 9.97 Å². The monoisotopic (exact) mass is 499 g/mol. The minimum absolute atomic E-state index is 0.103. The molecule has 1 amide bonds. The molecule has 0 spiro atoms. The highest BCUT2D eigenvalue weighted by Crippen LogP contribution is 2.30. The van der Waals surface area contributed by atoms with Gasteiger partial charge in [-0.05, 0) is 61.5 Å². The molecule has 0 aliphatic heterocycles. The molecule has 33 heavy (non-hydrogen) atoms. The molecule has 0 fully saturated rings. The number of nitrogens with one attached hydrogen (secondary N) is 1. The van der Waals surface area contributed by atoms with Crippen molar-refractivity contribution in [3.8, 4) is 17.6 Å². The molecule has 0 bridgehead atoms. The number of carbonyl (C=O) groups excluding carboxylic acids is 1. The molecule has 7 nitrogen and oxygen atoms in total. The van der Waals surface area contributed by atoms with Gasteiger partial charge in [0.25, 0.3) is 5.91 Å². The average molecular weight is 500 g/mol. The predicted octanol–water partition coefficient (Wildman–Crippen LogP) is 6.94. The summed E-state index contributed by atoms with van der Waals surface area (Å²) in [5.41, 5.74) is 1.95. The summed E-state index contributed by atoms with van der Waals surface area (Å²) in [6.45, 7) is 1.66. The lowest BCUT2D eigenvalue weighted by Gasteiger charge is -2.13. The predicted molar refractivity (Wildman–Crippen MR) is 129 cm³/mol. The average Bonchev–Trinajstić information content (AvgIpc) is 3.36. The fourth-order valence-corrected chi connectivity index (χ4v) is 4.33. The van der Waals surface area contributed by atoms with Crippen LogP contribution in [0.4, 0.5) is 5.13 Å². The number of oxazole rings is 1. The molecule has 2 aromatic heterocycles. The van der Waals surface area contributed by atoms with Crippen molar-refractivity contribution in [2.45, 2.75) is 13.0 Å². The molecule has 1 N–H and O–H groups in total. The summed E-state index contributed by atoms with van der Waals surface area (Å²) in [5.74, 6) is 0.696. The Morgan fingerprint density at radius 2 is 1.67 bits per heavy atom. The van der Waals surface area contributed by atoms with E-state index in [4.69, 9.17) is 37.1 Å². The van der Waals surface area contributed by atoms with Gasteiger partial charge in [0.1, 0.15) is 17.0 Å². The van der Waals surface area contributed by atoms with Crippen molar-refractivity contribution in [1.29, 1.82) is 0 Å². The van der Waals surface area contributed by atoms with E-state index in [1.807, 2.05) is 12.1 Å². The Balaban J connectivity index is 1.20. The Kier molecular flexibility index (Phi) is 5.80. The first-order valence-corrected chi connectivity index (χ1v) is 11.4. The van der Waals surface area contributed by atoms with Crippen LogP contribution in [0.3, 0.4) is 0 Å². The fourth-order valence-electron chi connectivity index (χ4n) is 3.02. The summed E-state index contributed by atoms with van der Waals surface area (Å²) in [5, 5.41) is 4.43. The molecule has 1 atom stereocenters. The zero-order valence-corrected chi connectivity index (χ0v) is 19.4. The normalized spacial score (nSPS) is 12.1. The first-order chi connectivity index (χ1) is 15.9. The molecule has 0 radical (unpaired) electrons. The fraction of sp³-hybridized carbons (Fsp3) is 0.0870. The van der Waals surface area contributed by atoms with E-state index in [0.29, 0.717) is 37.8 Å². The second-order valence-corrected chi connectivity index (χ2v) is 8.95. The Labute approximate surface area is 201 Å². The summed E-state index contributed by atoms with van der Waals surface area (Å²) >= 11 is 13.3. The van der Waals surface area contributed by atoms with Crippen LogP contribution in [-0.4, -0.2) is 22.0 Å². The third kappa shape index (κ3) is 4.88. The number of fused-ring (bicyclic) bond motifs is 2. The van der Waals surface area contributed by atoms with Gasteiger partial charge in [-0.1, -0.05) is 34.5 Å². The maximum atomic E-state index is 12.5. The second-order valence-electron chi connectivity index (χ2n) is 7.05. The molecular weight excluding hydrogens is 485 g/mol. The van der Waals surface area contributed by atoms with Crippen molar-refractivity contribution in [2.75, 3.05) is 5.32 Å². The van der Waals surface area contributed by atoms with Gasteiger partial charge < -0.3 is 13.9 Å². The van der Waals surface area contributed by atoms with Crippen molar-refractivity contribution in [3.63, 3.8) is 0 Å². The molecule has 10 heteroatoms. The molecule has 0 aliphatic rings. The highest BCUT2D eigenvalue weighted by Gasteiger charge is 2.17. The van der Waals surface area contributed by atoms with E-state index in [1.54, 1.807) is 55.5 Å². The maximum Gasteiger partial charge on any atom is 0.400 e. The van der Waals surface area contributed by atoms with Gasteiger partial charge >= 0.3 is 6.08 Å². The first-order valence-electron chi connectivity index (χ1n) is 9.80. The quantitative estimate of drug-likeness (QED) is 0.272. The lowest BCUT2D eigenvalue weighted by atomic mass is 10.3. The molecule has 0 unspecified atom stereocenters. The lowest BCUT2D eigenvalue weighted by molar-refractivity contribution is -0.122. The van der Waals surface area contributed by atoms with E-state index in [2.05, 4.69) is 15.3 Å². The zero-order chi connectivity index (χ0) is 22.9. The number of carbonyl (C=O) groups is 1. The zero-order valence-electron chi connectivity index (χ0n) is 17.0. The molecule has 166 valence electrons. The van der Waals surface area contributed by atoms with Crippen LogP contribution in [0.25, 0.3) is 21.3 Å². The van der Waals surface area contributed by atoms with Gasteiger partial charge in [0, 0.05) is 16.1 Å². The van der Waals surface area contributed by atoms with Gasteiger partial charge in [-0.2, -0.15) is 4.98 Å². The highest BCUT2D eigenvalue weighted by atomic mass is 35.5. The largest absolute Gasteiger partial charge is 0.481 e. The Bertz CT molecular complexity index is 1470. The van der Waals surface area contributed by atoms with Gasteiger partial charge in [0.2, 0.25) is 0 Å². The lowest BCUT2D eigenvalue weighted by Crippen LogP contribution is -2.30. The number of ether oxygens (including phenoxy) is 2. The number of nitrogens with zero attached hydrogens (tertiary/aromatic N) is 2. The first kappa shape index (κ1) is 21.5. The number of thiazole rings is 1. The van der Waals surface area contributed by atoms with E-state index in [-0.39, 0.29) is 12.0 Å². The van der Waals surface area contributed by atoms with Crippen LogP contribution in [0.1, 0.15) is 6.92 Å². The molecule has 0 saturated heterocycles. The maximum absolute atomic E-state index is 12.5. The molecule has 0 saturated carbocycles. The summed E-state index contributed by atoms with van der Waals surface area (Å²) in [4.78, 5) is 21.2.